The van der Waals surface area contributed by atoms with Gasteiger partial charge >= 0.3 is 0 Å². The molecule has 2 aromatic heterocycles. The van der Waals surface area contributed by atoms with E-state index in [9.17, 15) is 4.39 Å². The fraction of sp³-hybridized carbons (Fsp3) is 0.316. The molecule has 1 aromatic carbocycles. The lowest BCUT2D eigenvalue weighted by Crippen LogP contribution is -2.22. The number of nitrogens with zero attached hydrogens (tertiary/aromatic N) is 2. The van der Waals surface area contributed by atoms with Gasteiger partial charge in [-0.2, -0.15) is 0 Å². The number of hydrogen-bond acceptors (Lipinski definition) is 4. The predicted octanol–water partition coefficient (Wildman–Crippen LogP) is 5.16. The van der Waals surface area contributed by atoms with E-state index in [0.717, 1.165) is 38.6 Å². The summed E-state index contributed by atoms with van der Waals surface area (Å²) in [6.45, 7) is 1.01. The highest BCUT2D eigenvalue weighted by Gasteiger charge is 2.27. The van der Waals surface area contributed by atoms with Crippen LogP contribution >= 0.6 is 23.4 Å². The van der Waals surface area contributed by atoms with Crippen molar-refractivity contribution in [1.82, 2.24) is 9.97 Å². The summed E-state index contributed by atoms with van der Waals surface area (Å²) in [4.78, 5) is 11.0. The second kappa shape index (κ2) is 7.00. The lowest BCUT2D eigenvalue weighted by atomic mass is 10.1. The van der Waals surface area contributed by atoms with Crippen molar-refractivity contribution in [3.8, 4) is 17.0 Å². The predicted molar refractivity (Wildman–Crippen MR) is 107 cm³/mol. The molecule has 1 aliphatic heterocycles. The Bertz CT molecular complexity index is 961. The number of methoxy groups -OCH3 is 1. The highest BCUT2D eigenvalue weighted by Crippen LogP contribution is 2.42. The van der Waals surface area contributed by atoms with E-state index in [2.05, 4.69) is 16.0 Å². The van der Waals surface area contributed by atoms with Crippen molar-refractivity contribution in [3.63, 3.8) is 0 Å². The first-order valence-electron chi connectivity index (χ1n) is 8.40. The number of benzene rings is 1. The van der Waals surface area contributed by atoms with Gasteiger partial charge in [0, 0.05) is 28.6 Å². The molecule has 0 spiro atoms. The maximum atomic E-state index is 13.8. The topological polar surface area (TPSA) is 41.1 Å². The molecule has 4 nitrogen and oxygen atoms in total. The summed E-state index contributed by atoms with van der Waals surface area (Å²) in [6, 6.07) is 7.82. The molecular formula is C19H19ClFN3OS. The number of halogens is 2. The van der Waals surface area contributed by atoms with E-state index in [1.165, 1.54) is 0 Å². The molecule has 1 N–H and O–H groups in total. The zero-order valence-corrected chi connectivity index (χ0v) is 16.1. The number of anilines is 1. The van der Waals surface area contributed by atoms with Gasteiger partial charge in [0.1, 0.15) is 17.7 Å². The van der Waals surface area contributed by atoms with Gasteiger partial charge in [-0.05, 0) is 24.8 Å². The summed E-state index contributed by atoms with van der Waals surface area (Å²) in [5, 5.41) is 1.52. The SMILES string of the molecule is COc1cccc2c(Cl)c(-c3cc(SC)cnc3N3CCC(F)C3)[nH]c12. The number of fused-ring (bicyclic) bond motifs is 1. The number of nitrogens with one attached hydrogen (secondary N) is 1. The number of H-pyrrole nitrogens is 1. The number of alkyl halides is 1. The smallest absolute Gasteiger partial charge is 0.142 e. The van der Waals surface area contributed by atoms with E-state index in [1.807, 2.05) is 35.6 Å². The van der Waals surface area contributed by atoms with Crippen molar-refractivity contribution in [2.45, 2.75) is 17.5 Å². The molecule has 1 aliphatic rings. The first-order valence-corrected chi connectivity index (χ1v) is 10.00. The molecule has 0 aliphatic carbocycles. The summed E-state index contributed by atoms with van der Waals surface area (Å²) < 4.78 is 19.2. The summed E-state index contributed by atoms with van der Waals surface area (Å²) in [6.07, 6.45) is 3.54. The number of thioether (sulfide) groups is 1. The van der Waals surface area contributed by atoms with Crippen LogP contribution in [-0.4, -0.2) is 42.6 Å². The molecule has 1 saturated heterocycles. The van der Waals surface area contributed by atoms with Crippen LogP contribution in [0.4, 0.5) is 10.2 Å². The lowest BCUT2D eigenvalue weighted by Gasteiger charge is -2.20. The zero-order chi connectivity index (χ0) is 18.3. The molecule has 3 heterocycles. The van der Waals surface area contributed by atoms with E-state index in [1.54, 1.807) is 18.9 Å². The summed E-state index contributed by atoms with van der Waals surface area (Å²) >= 11 is 8.32. The molecule has 136 valence electrons. The summed E-state index contributed by atoms with van der Waals surface area (Å²) in [5.41, 5.74) is 2.52. The average Bonchev–Trinajstić information content (AvgIpc) is 3.24. The number of ether oxygens (including phenoxy) is 1. The molecule has 1 fully saturated rings. The Morgan fingerprint density at radius 2 is 2.27 bits per heavy atom. The van der Waals surface area contributed by atoms with Crippen molar-refractivity contribution in [1.29, 1.82) is 0 Å². The molecule has 7 heteroatoms. The van der Waals surface area contributed by atoms with E-state index >= 15 is 0 Å². The number of aromatic amines is 1. The van der Waals surface area contributed by atoms with Gasteiger partial charge in [-0.15, -0.1) is 11.8 Å². The summed E-state index contributed by atoms with van der Waals surface area (Å²) in [7, 11) is 1.64. The average molecular weight is 392 g/mol. The fourth-order valence-electron chi connectivity index (χ4n) is 3.41. The Balaban J connectivity index is 1.92. The van der Waals surface area contributed by atoms with Crippen molar-refractivity contribution >= 4 is 40.1 Å². The van der Waals surface area contributed by atoms with Crippen LogP contribution in [0.2, 0.25) is 5.02 Å². The van der Waals surface area contributed by atoms with E-state index in [0.29, 0.717) is 24.5 Å². The van der Waals surface area contributed by atoms with Gasteiger partial charge < -0.3 is 14.6 Å². The Labute approximate surface area is 160 Å². The number of hydrogen-bond donors (Lipinski definition) is 1. The van der Waals surface area contributed by atoms with Crippen LogP contribution in [0, 0.1) is 0 Å². The zero-order valence-electron chi connectivity index (χ0n) is 14.6. The molecule has 1 atom stereocenters. The van der Waals surface area contributed by atoms with Gasteiger partial charge in [-0.25, -0.2) is 9.37 Å². The summed E-state index contributed by atoms with van der Waals surface area (Å²) in [5.74, 6) is 1.49. The molecule has 3 aromatic rings. The van der Waals surface area contributed by atoms with Crippen molar-refractivity contribution in [3.05, 3.63) is 35.5 Å². The van der Waals surface area contributed by atoms with Crippen LogP contribution in [0.15, 0.2) is 35.4 Å². The number of rotatable bonds is 4. The quantitative estimate of drug-likeness (QED) is 0.623. The van der Waals surface area contributed by atoms with E-state index in [4.69, 9.17) is 16.3 Å². The molecule has 0 amide bonds. The normalized spacial score (nSPS) is 17.2. The molecule has 1 unspecified atom stereocenters. The van der Waals surface area contributed by atoms with Crippen LogP contribution in [0.1, 0.15) is 6.42 Å². The first kappa shape index (κ1) is 17.5. The van der Waals surface area contributed by atoms with Gasteiger partial charge in [0.05, 0.1) is 29.9 Å². The van der Waals surface area contributed by atoms with Gasteiger partial charge in [-0.1, -0.05) is 23.7 Å². The fourth-order valence-corrected chi connectivity index (χ4v) is 4.11. The van der Waals surface area contributed by atoms with Crippen LogP contribution in [-0.2, 0) is 0 Å². The second-order valence-electron chi connectivity index (χ2n) is 6.28. The minimum absolute atomic E-state index is 0.361. The third-order valence-electron chi connectivity index (χ3n) is 4.73. The number of pyridine rings is 1. The van der Waals surface area contributed by atoms with Gasteiger partial charge in [0.15, 0.2) is 0 Å². The van der Waals surface area contributed by atoms with Crippen molar-refractivity contribution in [2.75, 3.05) is 31.4 Å². The van der Waals surface area contributed by atoms with Crippen molar-refractivity contribution < 1.29 is 9.13 Å². The molecule has 0 bridgehead atoms. The largest absolute Gasteiger partial charge is 0.495 e. The van der Waals surface area contributed by atoms with Crippen LogP contribution in [0.5, 0.6) is 5.75 Å². The van der Waals surface area contributed by atoms with Crippen LogP contribution in [0.25, 0.3) is 22.2 Å². The molecular weight excluding hydrogens is 373 g/mol. The van der Waals surface area contributed by atoms with E-state index < -0.39 is 6.17 Å². The maximum Gasteiger partial charge on any atom is 0.142 e. The van der Waals surface area contributed by atoms with Crippen LogP contribution < -0.4 is 9.64 Å². The highest BCUT2D eigenvalue weighted by atomic mass is 35.5. The Morgan fingerprint density at radius 1 is 1.42 bits per heavy atom. The third-order valence-corrected chi connectivity index (χ3v) is 5.82. The van der Waals surface area contributed by atoms with Gasteiger partial charge in [0.2, 0.25) is 0 Å². The Morgan fingerprint density at radius 3 is 2.96 bits per heavy atom. The number of aromatic nitrogens is 2. The first-order chi connectivity index (χ1) is 12.6. The Hall–Kier alpha value is -1.92. The molecule has 0 radical (unpaired) electrons. The molecule has 26 heavy (non-hydrogen) atoms. The van der Waals surface area contributed by atoms with E-state index in [-0.39, 0.29) is 0 Å². The minimum Gasteiger partial charge on any atom is -0.495 e. The van der Waals surface area contributed by atoms with Crippen LogP contribution in [0.3, 0.4) is 0 Å². The monoisotopic (exact) mass is 391 g/mol. The second-order valence-corrected chi connectivity index (χ2v) is 7.53. The third kappa shape index (κ3) is 2.91. The maximum absolute atomic E-state index is 13.8. The van der Waals surface area contributed by atoms with Crippen molar-refractivity contribution in [2.24, 2.45) is 0 Å². The molecule has 4 rings (SSSR count). The van der Waals surface area contributed by atoms with Gasteiger partial charge in [-0.3, -0.25) is 0 Å². The standard InChI is InChI=1S/C19H19ClFN3OS/c1-25-15-5-3-4-13-16(20)18(23-17(13)15)14-8-12(26-2)9-22-19(14)24-7-6-11(21)10-24/h3-5,8-9,11,23H,6-7,10H2,1-2H3. The highest BCUT2D eigenvalue weighted by molar-refractivity contribution is 7.98. The lowest BCUT2D eigenvalue weighted by molar-refractivity contribution is 0.364. The minimum atomic E-state index is -0.817. The Kier molecular flexibility index (Phi) is 4.71. The molecule has 0 saturated carbocycles. The van der Waals surface area contributed by atoms with Gasteiger partial charge in [0.25, 0.3) is 0 Å². The number of para-hydroxylation sites is 1.